The Balaban J connectivity index is 1.58. The van der Waals surface area contributed by atoms with E-state index in [-0.39, 0.29) is 0 Å². The Morgan fingerprint density at radius 3 is 1.04 bits per heavy atom. The van der Waals surface area contributed by atoms with Crippen molar-refractivity contribution in [2.75, 3.05) is 0 Å². The molecule has 2 aromatic carbocycles. The number of rotatable bonds is 34. The first-order valence-electron chi connectivity index (χ1n) is 21.2. The number of para-hydroxylation sites is 1. The molecule has 0 radical (unpaired) electrons. The third-order valence-corrected chi connectivity index (χ3v) is 10.3. The Morgan fingerprint density at radius 2 is 0.660 bits per heavy atom. The summed E-state index contributed by atoms with van der Waals surface area (Å²) in [6, 6.07) is 17.2. The molecule has 47 heavy (non-hydrogen) atoms. The molecule has 0 aromatic heterocycles. The Bertz CT molecular complexity index is 918. The van der Waals surface area contributed by atoms with E-state index in [4.69, 9.17) is 4.74 Å². The average molecular weight is 647 g/mol. The van der Waals surface area contributed by atoms with E-state index in [0.29, 0.717) is 0 Å². The lowest BCUT2D eigenvalue weighted by Gasteiger charge is -2.13. The van der Waals surface area contributed by atoms with E-state index in [0.717, 1.165) is 11.5 Å². The number of aryl methyl sites for hydroxylation is 2. The average Bonchev–Trinajstić information content (AvgIpc) is 3.09. The van der Waals surface area contributed by atoms with Crippen LogP contribution in [0.1, 0.15) is 218 Å². The maximum absolute atomic E-state index is 6.23. The number of benzene rings is 2. The minimum Gasteiger partial charge on any atom is -0.457 e. The Labute approximate surface area is 294 Å². The van der Waals surface area contributed by atoms with Crippen molar-refractivity contribution in [3.8, 4) is 11.5 Å². The van der Waals surface area contributed by atoms with Gasteiger partial charge in [0.25, 0.3) is 0 Å². The van der Waals surface area contributed by atoms with Crippen LogP contribution in [0.4, 0.5) is 0 Å². The molecule has 0 saturated heterocycles. The molecule has 0 bridgehead atoms. The maximum Gasteiger partial charge on any atom is 0.127 e. The topological polar surface area (TPSA) is 9.23 Å². The van der Waals surface area contributed by atoms with E-state index in [1.807, 2.05) is 0 Å². The van der Waals surface area contributed by atoms with Crippen LogP contribution in [-0.2, 0) is 12.8 Å². The van der Waals surface area contributed by atoms with E-state index in [1.54, 1.807) is 5.56 Å². The molecular weight excluding hydrogens is 569 g/mol. The fraction of sp³-hybridized carbons (Fsp3) is 0.739. The maximum atomic E-state index is 6.23. The highest BCUT2D eigenvalue weighted by atomic mass is 16.5. The molecule has 0 atom stereocenters. The van der Waals surface area contributed by atoms with Crippen LogP contribution >= 0.6 is 0 Å². The molecule has 0 heterocycles. The summed E-state index contributed by atoms with van der Waals surface area (Å²) in [6.45, 7) is 4.61. The molecule has 0 aliphatic heterocycles. The Morgan fingerprint density at radius 1 is 0.319 bits per heavy atom. The highest BCUT2D eigenvalue weighted by Crippen LogP contribution is 2.27. The van der Waals surface area contributed by atoms with Crippen LogP contribution in [0.5, 0.6) is 11.5 Å². The van der Waals surface area contributed by atoms with Crippen molar-refractivity contribution in [3.05, 3.63) is 59.7 Å². The van der Waals surface area contributed by atoms with Crippen LogP contribution in [0, 0.1) is 0 Å². The van der Waals surface area contributed by atoms with Crippen molar-refractivity contribution < 1.29 is 4.74 Å². The molecule has 0 N–H and O–H groups in total. The van der Waals surface area contributed by atoms with Gasteiger partial charge in [0, 0.05) is 0 Å². The van der Waals surface area contributed by atoms with Gasteiger partial charge in [-0.25, -0.2) is 0 Å². The van der Waals surface area contributed by atoms with E-state index >= 15 is 0 Å². The Hall–Kier alpha value is -1.76. The van der Waals surface area contributed by atoms with Gasteiger partial charge in [0.2, 0.25) is 0 Å². The third-order valence-electron chi connectivity index (χ3n) is 10.3. The van der Waals surface area contributed by atoms with Gasteiger partial charge in [-0.05, 0) is 61.1 Å². The zero-order chi connectivity index (χ0) is 33.3. The van der Waals surface area contributed by atoms with Crippen molar-refractivity contribution >= 4 is 0 Å². The fourth-order valence-corrected chi connectivity index (χ4v) is 7.14. The molecule has 0 aliphatic rings. The summed E-state index contributed by atoms with van der Waals surface area (Å²) in [7, 11) is 0. The van der Waals surface area contributed by atoms with Crippen LogP contribution in [-0.4, -0.2) is 0 Å². The molecular formula is C46H78O. The second-order valence-electron chi connectivity index (χ2n) is 14.7. The highest BCUT2D eigenvalue weighted by molar-refractivity contribution is 5.38. The number of hydrogen-bond acceptors (Lipinski definition) is 1. The van der Waals surface area contributed by atoms with Gasteiger partial charge in [-0.1, -0.05) is 218 Å². The van der Waals surface area contributed by atoms with Gasteiger partial charge < -0.3 is 4.74 Å². The molecule has 0 unspecified atom stereocenters. The summed E-state index contributed by atoms with van der Waals surface area (Å²) < 4.78 is 6.23. The second kappa shape index (κ2) is 31.5. The van der Waals surface area contributed by atoms with Crippen LogP contribution in [0.2, 0.25) is 0 Å². The summed E-state index contributed by atoms with van der Waals surface area (Å²) in [5.74, 6) is 1.92. The number of ether oxygens (including phenoxy) is 1. The predicted molar refractivity (Wildman–Crippen MR) is 210 cm³/mol. The smallest absolute Gasteiger partial charge is 0.127 e. The van der Waals surface area contributed by atoms with E-state index in [9.17, 15) is 0 Å². The fourth-order valence-electron chi connectivity index (χ4n) is 7.14. The van der Waals surface area contributed by atoms with Crippen molar-refractivity contribution in [3.63, 3.8) is 0 Å². The lowest BCUT2D eigenvalue weighted by atomic mass is 9.96. The largest absolute Gasteiger partial charge is 0.457 e. The standard InChI is InChI=1S/C46H78O/c1-3-5-7-9-11-13-15-17-19-21-23-25-27-29-32-36-43-40-41-46(47-45-38-34-31-35-39-45)42-44(43)37-33-30-28-26-24-22-20-18-16-14-12-10-8-6-4-2/h31,34-35,38-42H,3-30,32-33,36-37H2,1-2H3. The van der Waals surface area contributed by atoms with Gasteiger partial charge >= 0.3 is 0 Å². The van der Waals surface area contributed by atoms with Crippen molar-refractivity contribution in [2.24, 2.45) is 0 Å². The molecule has 0 spiro atoms. The first-order valence-corrected chi connectivity index (χ1v) is 21.2. The molecule has 1 heteroatoms. The zero-order valence-electron chi connectivity index (χ0n) is 31.7. The second-order valence-corrected chi connectivity index (χ2v) is 14.7. The molecule has 268 valence electrons. The quantitative estimate of drug-likeness (QED) is 0.0687. The summed E-state index contributed by atoms with van der Waals surface area (Å²) in [4.78, 5) is 0. The molecule has 2 aromatic rings. The van der Waals surface area contributed by atoms with Gasteiger partial charge in [0.15, 0.2) is 0 Å². The molecule has 0 aliphatic carbocycles. The number of hydrogen-bond donors (Lipinski definition) is 0. The lowest BCUT2D eigenvalue weighted by Crippen LogP contribution is -1.97. The van der Waals surface area contributed by atoms with Crippen molar-refractivity contribution in [2.45, 2.75) is 219 Å². The van der Waals surface area contributed by atoms with Gasteiger partial charge in [0.05, 0.1) is 0 Å². The lowest BCUT2D eigenvalue weighted by molar-refractivity contribution is 0.481. The zero-order valence-corrected chi connectivity index (χ0v) is 31.7. The first kappa shape index (κ1) is 41.4. The van der Waals surface area contributed by atoms with Gasteiger partial charge in [0.1, 0.15) is 11.5 Å². The highest BCUT2D eigenvalue weighted by Gasteiger charge is 2.07. The molecule has 0 fully saturated rings. The van der Waals surface area contributed by atoms with Crippen molar-refractivity contribution in [1.82, 2.24) is 0 Å². The van der Waals surface area contributed by atoms with Crippen LogP contribution in [0.15, 0.2) is 48.5 Å². The van der Waals surface area contributed by atoms with E-state index in [2.05, 4.69) is 62.4 Å². The summed E-state index contributed by atoms with van der Waals surface area (Å²) in [6.07, 6.45) is 45.1. The van der Waals surface area contributed by atoms with Crippen LogP contribution < -0.4 is 4.74 Å². The predicted octanol–water partition coefficient (Wildman–Crippen LogP) is 16.3. The van der Waals surface area contributed by atoms with Gasteiger partial charge in [-0.2, -0.15) is 0 Å². The van der Waals surface area contributed by atoms with Gasteiger partial charge in [-0.15, -0.1) is 0 Å². The molecule has 0 amide bonds. The molecule has 2 rings (SSSR count). The minimum absolute atomic E-state index is 0.931. The number of unbranched alkanes of at least 4 members (excludes halogenated alkanes) is 28. The third kappa shape index (κ3) is 24.1. The van der Waals surface area contributed by atoms with E-state index < -0.39 is 0 Å². The normalized spacial score (nSPS) is 11.4. The minimum atomic E-state index is 0.931. The monoisotopic (exact) mass is 647 g/mol. The SMILES string of the molecule is CCCCCCCCCCCCCCCCCc1ccc(Oc2ccccc2)cc1CCCCCCCCCCCCCCCCC. The molecule has 1 nitrogen and oxygen atoms in total. The summed E-state index contributed by atoms with van der Waals surface area (Å²) in [5.41, 5.74) is 3.09. The van der Waals surface area contributed by atoms with Crippen LogP contribution in [0.3, 0.4) is 0 Å². The van der Waals surface area contributed by atoms with E-state index in [1.165, 1.54) is 211 Å². The van der Waals surface area contributed by atoms with Crippen LogP contribution in [0.25, 0.3) is 0 Å². The first-order chi connectivity index (χ1) is 23.3. The molecule has 0 saturated carbocycles. The van der Waals surface area contributed by atoms with Gasteiger partial charge in [-0.3, -0.25) is 0 Å². The summed E-state index contributed by atoms with van der Waals surface area (Å²) in [5, 5.41) is 0. The Kier molecular flexibility index (Phi) is 27.8. The van der Waals surface area contributed by atoms with Crippen molar-refractivity contribution in [1.29, 1.82) is 0 Å². The summed E-state index contributed by atoms with van der Waals surface area (Å²) >= 11 is 0.